The average molecular weight is 408 g/mol. The molecular weight excluding hydrogens is 383 g/mol. The van der Waals surface area contributed by atoms with Crippen LogP contribution in [0.4, 0.5) is 4.39 Å². The van der Waals surface area contributed by atoms with Gasteiger partial charge in [-0.25, -0.2) is 14.4 Å². The Morgan fingerprint density at radius 2 is 2.17 bits per heavy atom. The summed E-state index contributed by atoms with van der Waals surface area (Å²) < 4.78 is 28.2. The van der Waals surface area contributed by atoms with Gasteiger partial charge < -0.3 is 14.0 Å². The van der Waals surface area contributed by atoms with Crippen molar-refractivity contribution in [2.45, 2.75) is 19.5 Å². The van der Waals surface area contributed by atoms with Crippen LogP contribution in [-0.2, 0) is 13.6 Å². The van der Waals surface area contributed by atoms with Crippen LogP contribution in [0.1, 0.15) is 23.1 Å². The standard InChI is InChI=1S/C23H25FN4O2/c1-15-4-3-5-22(26-15)30-13-16-11-28(12-21-25-8-9-27(21)2)23-18-10-17(24)6-7-20(18)29-14-19(16)23/h3-10,16,19,23H,11-14H2,1-2H3/t16-,19-,23-/m0/s1. The van der Waals surface area contributed by atoms with Crippen molar-refractivity contribution in [1.82, 2.24) is 19.4 Å². The van der Waals surface area contributed by atoms with Crippen LogP contribution in [-0.4, -0.2) is 39.2 Å². The number of aryl methyl sites for hydroxylation is 2. The van der Waals surface area contributed by atoms with Crippen LogP contribution in [0.3, 0.4) is 0 Å². The van der Waals surface area contributed by atoms with Crippen molar-refractivity contribution < 1.29 is 13.9 Å². The number of hydrogen-bond donors (Lipinski definition) is 0. The van der Waals surface area contributed by atoms with E-state index in [1.165, 1.54) is 6.07 Å². The van der Waals surface area contributed by atoms with Crippen LogP contribution in [0.15, 0.2) is 48.8 Å². The molecule has 1 saturated heterocycles. The lowest BCUT2D eigenvalue weighted by Crippen LogP contribution is -2.32. The Hall–Kier alpha value is -2.93. The Morgan fingerprint density at radius 1 is 1.27 bits per heavy atom. The number of nitrogens with zero attached hydrogens (tertiary/aromatic N) is 4. The maximum Gasteiger partial charge on any atom is 0.213 e. The van der Waals surface area contributed by atoms with Crippen LogP contribution in [0.5, 0.6) is 11.6 Å². The second kappa shape index (κ2) is 7.72. The summed E-state index contributed by atoms with van der Waals surface area (Å²) in [6, 6.07) is 10.7. The number of imidazole rings is 1. The first-order chi connectivity index (χ1) is 14.6. The number of fused-ring (bicyclic) bond motifs is 3. The summed E-state index contributed by atoms with van der Waals surface area (Å²) in [6.45, 7) is 4.61. The van der Waals surface area contributed by atoms with E-state index in [9.17, 15) is 4.39 Å². The van der Waals surface area contributed by atoms with Crippen molar-refractivity contribution in [2.24, 2.45) is 18.9 Å². The highest BCUT2D eigenvalue weighted by molar-refractivity contribution is 5.39. The largest absolute Gasteiger partial charge is 0.493 e. The van der Waals surface area contributed by atoms with Crippen LogP contribution in [0.2, 0.25) is 0 Å². The van der Waals surface area contributed by atoms with E-state index in [0.717, 1.165) is 29.4 Å². The molecule has 0 saturated carbocycles. The number of ether oxygens (including phenoxy) is 2. The van der Waals surface area contributed by atoms with E-state index in [0.29, 0.717) is 25.6 Å². The lowest BCUT2D eigenvalue weighted by molar-refractivity contribution is 0.120. The average Bonchev–Trinajstić information content (AvgIpc) is 3.30. The maximum atomic E-state index is 14.1. The van der Waals surface area contributed by atoms with Gasteiger partial charge in [-0.05, 0) is 31.2 Å². The Labute approximate surface area is 175 Å². The van der Waals surface area contributed by atoms with Crippen molar-refractivity contribution in [3.8, 4) is 11.6 Å². The van der Waals surface area contributed by atoms with Gasteiger partial charge >= 0.3 is 0 Å². The number of rotatable bonds is 5. The van der Waals surface area contributed by atoms with E-state index >= 15 is 0 Å². The van der Waals surface area contributed by atoms with E-state index in [1.54, 1.807) is 12.1 Å². The summed E-state index contributed by atoms with van der Waals surface area (Å²) in [4.78, 5) is 11.3. The zero-order chi connectivity index (χ0) is 20.7. The molecule has 6 nitrogen and oxygen atoms in total. The lowest BCUT2D eigenvalue weighted by atomic mass is 9.85. The van der Waals surface area contributed by atoms with E-state index < -0.39 is 0 Å². The number of hydrogen-bond acceptors (Lipinski definition) is 5. The monoisotopic (exact) mass is 408 g/mol. The fraction of sp³-hybridized carbons (Fsp3) is 0.391. The molecule has 156 valence electrons. The lowest BCUT2D eigenvalue weighted by Gasteiger charge is -2.34. The van der Waals surface area contributed by atoms with Crippen molar-refractivity contribution in [1.29, 1.82) is 0 Å². The third-order valence-electron chi connectivity index (χ3n) is 6.17. The first kappa shape index (κ1) is 19.1. The highest BCUT2D eigenvalue weighted by Gasteiger charge is 2.46. The number of likely N-dealkylation sites (tertiary alicyclic amines) is 1. The topological polar surface area (TPSA) is 52.4 Å². The minimum absolute atomic E-state index is 0.0696. The van der Waals surface area contributed by atoms with Gasteiger partial charge in [0.25, 0.3) is 0 Å². The van der Waals surface area contributed by atoms with Crippen LogP contribution in [0.25, 0.3) is 0 Å². The molecule has 2 aromatic heterocycles. The molecule has 0 aliphatic carbocycles. The molecule has 0 N–H and O–H groups in total. The zero-order valence-electron chi connectivity index (χ0n) is 17.2. The van der Waals surface area contributed by atoms with E-state index in [-0.39, 0.29) is 23.7 Å². The third-order valence-corrected chi connectivity index (χ3v) is 6.17. The predicted molar refractivity (Wildman–Crippen MR) is 110 cm³/mol. The Balaban J connectivity index is 1.42. The van der Waals surface area contributed by atoms with Gasteiger partial charge in [0, 0.05) is 61.2 Å². The molecule has 0 amide bonds. The summed E-state index contributed by atoms with van der Waals surface area (Å²) in [6.07, 6.45) is 3.76. The molecule has 7 heteroatoms. The smallest absolute Gasteiger partial charge is 0.213 e. The second-order valence-electron chi connectivity index (χ2n) is 8.17. The molecule has 30 heavy (non-hydrogen) atoms. The zero-order valence-corrected chi connectivity index (χ0v) is 17.2. The summed E-state index contributed by atoms with van der Waals surface area (Å²) in [5.74, 6) is 2.61. The fourth-order valence-corrected chi connectivity index (χ4v) is 4.66. The molecule has 3 atom stereocenters. The third kappa shape index (κ3) is 3.54. The maximum absolute atomic E-state index is 14.1. The Bertz CT molecular complexity index is 1050. The second-order valence-corrected chi connectivity index (χ2v) is 8.17. The van der Waals surface area contributed by atoms with E-state index in [1.807, 2.05) is 49.1 Å². The minimum Gasteiger partial charge on any atom is -0.493 e. The number of benzene rings is 1. The molecule has 0 unspecified atom stereocenters. The van der Waals surface area contributed by atoms with Gasteiger partial charge in [-0.1, -0.05) is 6.07 Å². The molecule has 0 spiro atoms. The number of halogens is 1. The molecule has 1 fully saturated rings. The van der Waals surface area contributed by atoms with Crippen LogP contribution < -0.4 is 9.47 Å². The predicted octanol–water partition coefficient (Wildman–Crippen LogP) is 3.52. The number of aromatic nitrogens is 3. The first-order valence-corrected chi connectivity index (χ1v) is 10.3. The highest BCUT2D eigenvalue weighted by atomic mass is 19.1. The molecule has 1 aromatic carbocycles. The first-order valence-electron chi connectivity index (χ1n) is 10.3. The van der Waals surface area contributed by atoms with Crippen molar-refractivity contribution in [3.05, 3.63) is 71.7 Å². The minimum atomic E-state index is -0.237. The van der Waals surface area contributed by atoms with Gasteiger partial charge in [0.15, 0.2) is 0 Å². The van der Waals surface area contributed by atoms with Crippen LogP contribution >= 0.6 is 0 Å². The Morgan fingerprint density at radius 3 is 2.97 bits per heavy atom. The fourth-order valence-electron chi connectivity index (χ4n) is 4.66. The molecular formula is C23H25FN4O2. The van der Waals surface area contributed by atoms with Gasteiger partial charge in [0.1, 0.15) is 17.4 Å². The molecule has 2 aliphatic heterocycles. The molecule has 0 radical (unpaired) electrons. The number of pyridine rings is 1. The molecule has 3 aromatic rings. The quantitative estimate of drug-likeness (QED) is 0.647. The van der Waals surface area contributed by atoms with Gasteiger partial charge in [-0.15, -0.1) is 0 Å². The molecule has 2 aliphatic rings. The summed E-state index contributed by atoms with van der Waals surface area (Å²) in [7, 11) is 2.00. The summed E-state index contributed by atoms with van der Waals surface area (Å²) in [5.41, 5.74) is 1.84. The van der Waals surface area contributed by atoms with Crippen LogP contribution in [0, 0.1) is 24.6 Å². The van der Waals surface area contributed by atoms with E-state index in [4.69, 9.17) is 9.47 Å². The highest BCUT2D eigenvalue weighted by Crippen LogP contribution is 2.48. The van der Waals surface area contributed by atoms with Crippen molar-refractivity contribution in [3.63, 3.8) is 0 Å². The van der Waals surface area contributed by atoms with E-state index in [2.05, 4.69) is 14.9 Å². The molecule has 4 heterocycles. The normalized spacial score (nSPS) is 23.0. The molecule has 5 rings (SSSR count). The van der Waals surface area contributed by atoms with Crippen molar-refractivity contribution in [2.75, 3.05) is 19.8 Å². The molecule has 0 bridgehead atoms. The van der Waals surface area contributed by atoms with Crippen molar-refractivity contribution >= 4 is 0 Å². The Kier molecular flexibility index (Phi) is 4.90. The SMILES string of the molecule is Cc1cccc(OC[C@@H]2CN(Cc3nccn3C)[C@H]3c4cc(F)ccc4OC[C@@H]23)n1. The van der Waals surface area contributed by atoms with Gasteiger partial charge in [-0.2, -0.15) is 0 Å². The summed E-state index contributed by atoms with van der Waals surface area (Å²) in [5, 5.41) is 0. The van der Waals surface area contributed by atoms with Gasteiger partial charge in [0.05, 0.1) is 19.8 Å². The van der Waals surface area contributed by atoms with Gasteiger partial charge in [0.2, 0.25) is 5.88 Å². The van der Waals surface area contributed by atoms with Gasteiger partial charge in [-0.3, -0.25) is 4.90 Å². The summed E-state index contributed by atoms with van der Waals surface area (Å²) >= 11 is 0.